The van der Waals surface area contributed by atoms with E-state index in [-0.39, 0.29) is 17.0 Å². The van der Waals surface area contributed by atoms with E-state index in [1.165, 1.54) is 23.5 Å². The summed E-state index contributed by atoms with van der Waals surface area (Å²) in [6.07, 6.45) is -6.78. The number of nitrogens with two attached hydrogens (primary N) is 1. The summed E-state index contributed by atoms with van der Waals surface area (Å²) in [5, 5.41) is 22.3. The fourth-order valence-electron chi connectivity index (χ4n) is 5.35. The molecule has 3 aliphatic heterocycles. The number of benzene rings is 1. The Morgan fingerprint density at radius 1 is 0.884 bits per heavy atom. The minimum Gasteiger partial charge on any atom is -0.387 e. The van der Waals surface area contributed by atoms with E-state index in [9.17, 15) is 24.6 Å². The summed E-state index contributed by atoms with van der Waals surface area (Å²) in [6, 6.07) is 7.11. The highest BCUT2D eigenvalue weighted by Gasteiger charge is 2.53. The van der Waals surface area contributed by atoms with Gasteiger partial charge in [-0.1, -0.05) is 12.1 Å². The van der Waals surface area contributed by atoms with Gasteiger partial charge < -0.3 is 44.3 Å². The number of rotatable bonds is 2. The van der Waals surface area contributed by atoms with Gasteiger partial charge >= 0.3 is 14.5 Å². The van der Waals surface area contributed by atoms with Crippen molar-refractivity contribution in [1.29, 1.82) is 0 Å². The Morgan fingerprint density at radius 3 is 2.47 bits per heavy atom. The minimum absolute atomic E-state index is 0.0887. The normalized spacial score (nSPS) is 38.9. The zero-order valence-corrected chi connectivity index (χ0v) is 24.4. The van der Waals surface area contributed by atoms with E-state index < -0.39 is 76.8 Å². The molecule has 3 saturated heterocycles. The molecule has 0 amide bonds. The molecular weight excluding hydrogens is 632 g/mol. The number of fused-ring (bicyclic) bond motifs is 5. The lowest BCUT2D eigenvalue weighted by molar-refractivity contribution is -0.0634. The predicted molar refractivity (Wildman–Crippen MR) is 147 cm³/mol. The van der Waals surface area contributed by atoms with E-state index in [0.29, 0.717) is 11.0 Å². The van der Waals surface area contributed by atoms with Gasteiger partial charge in [0.05, 0.1) is 36.9 Å². The Morgan fingerprint density at radius 2 is 1.63 bits per heavy atom. The van der Waals surface area contributed by atoms with Crippen molar-refractivity contribution in [2.24, 2.45) is 0 Å². The maximum atomic E-state index is 13.1. The van der Waals surface area contributed by atoms with Gasteiger partial charge in [0.25, 0.3) is 0 Å². The van der Waals surface area contributed by atoms with Gasteiger partial charge in [-0.2, -0.15) is 0 Å². The summed E-state index contributed by atoms with van der Waals surface area (Å²) in [4.78, 5) is 38.2. The van der Waals surface area contributed by atoms with E-state index in [2.05, 4.69) is 19.9 Å². The SMILES string of the molecule is Nc1ncnc2c1ncn2[C@@H]1O[C@@H]2COP(O)(=S)OC3[C@@H](O)[C@@H](COP(=O)(O)OC2[C@@H]1O)O[C@H]3n1cnc2ccccc21. The van der Waals surface area contributed by atoms with E-state index >= 15 is 0 Å². The summed E-state index contributed by atoms with van der Waals surface area (Å²) >= 11 is 5.26. The third-order valence-corrected chi connectivity index (χ3v) is 9.90. The fourth-order valence-corrected chi connectivity index (χ4v) is 7.73. The van der Waals surface area contributed by atoms with E-state index in [1.807, 2.05) is 0 Å². The Bertz CT molecular complexity index is 1780. The number of nitrogens with zero attached hydrogens (tertiary/aromatic N) is 6. The monoisotopic (exact) mass is 657 g/mol. The first-order valence-electron chi connectivity index (χ1n) is 12.8. The lowest BCUT2D eigenvalue weighted by Crippen LogP contribution is -2.36. The third kappa shape index (κ3) is 5.29. The number of aromatic nitrogens is 6. The zero-order valence-electron chi connectivity index (χ0n) is 21.8. The largest absolute Gasteiger partial charge is 0.472 e. The predicted octanol–water partition coefficient (Wildman–Crippen LogP) is 0.109. The molecule has 0 saturated carbocycles. The molecule has 6 N–H and O–H groups in total. The molecule has 7 rings (SSSR count). The van der Waals surface area contributed by atoms with Crippen LogP contribution < -0.4 is 5.73 Å². The van der Waals surface area contributed by atoms with Crippen molar-refractivity contribution in [2.45, 2.75) is 49.1 Å². The summed E-state index contributed by atoms with van der Waals surface area (Å²) in [5.74, 6) is 0.0887. The number of phosphoric acid groups is 1. The fraction of sp³-hybridized carbons (Fsp3) is 0.455. The Kier molecular flexibility index (Phi) is 7.38. The van der Waals surface area contributed by atoms with Crippen LogP contribution in [0.3, 0.4) is 0 Å². The zero-order chi connectivity index (χ0) is 30.1. The van der Waals surface area contributed by atoms with Crippen LogP contribution in [0.2, 0.25) is 0 Å². The number of phosphoric ester groups is 1. The number of hydrogen-bond donors (Lipinski definition) is 5. The van der Waals surface area contributed by atoms with Crippen LogP contribution in [0.4, 0.5) is 5.82 Å². The molecule has 21 heteroatoms. The van der Waals surface area contributed by atoms with Crippen LogP contribution in [-0.4, -0.2) is 98.9 Å². The Labute approximate surface area is 246 Å². The first-order chi connectivity index (χ1) is 20.5. The number of ether oxygens (including phenoxy) is 2. The summed E-state index contributed by atoms with van der Waals surface area (Å²) < 4.78 is 49.8. The molecule has 0 aliphatic carbocycles. The molecular formula is C22H25N7O11P2S. The number of imidazole rings is 2. The summed E-state index contributed by atoms with van der Waals surface area (Å²) in [6.45, 7) is -5.33. The molecule has 1 aromatic carbocycles. The highest BCUT2D eigenvalue weighted by molar-refractivity contribution is 8.07. The standard InChI is InChI=1S/C22H25N7O11P2S/c23-19-14-20(25-7-24-19)29(9-27-14)21-16(31)17-13(38-21)6-36-42(34,43)40-18-15(30)12(5-35-41(32,33)39-17)37-22(18)28-8-26-10-3-1-2-4-11(10)28/h1-4,7-9,12-13,15-18,21-22,30-31H,5-6H2,(H,32,33)(H,34,43)(H2,23,24,25)/t12-,13-,15+,16+,17?,18?,21-,22-,42?/m1/s1. The Hall–Kier alpha value is -2.48. The van der Waals surface area contributed by atoms with Crippen LogP contribution in [0, 0.1) is 0 Å². The van der Waals surface area contributed by atoms with Gasteiger partial charge in [-0.05, 0) is 23.9 Å². The van der Waals surface area contributed by atoms with Crippen molar-refractivity contribution in [3.8, 4) is 0 Å². The molecule has 6 heterocycles. The van der Waals surface area contributed by atoms with Gasteiger partial charge in [-0.15, -0.1) is 0 Å². The highest BCUT2D eigenvalue weighted by Crippen LogP contribution is 2.54. The van der Waals surface area contributed by atoms with Crippen molar-refractivity contribution in [2.75, 3.05) is 18.9 Å². The molecule has 18 nitrogen and oxygen atoms in total. The molecule has 4 unspecified atom stereocenters. The number of aliphatic hydroxyl groups is 2. The lowest BCUT2D eigenvalue weighted by Gasteiger charge is -2.27. The number of nitrogen functional groups attached to an aromatic ring is 1. The van der Waals surface area contributed by atoms with Crippen LogP contribution in [0.1, 0.15) is 12.5 Å². The molecule has 3 fully saturated rings. The molecule has 3 aromatic heterocycles. The van der Waals surface area contributed by atoms with Gasteiger partial charge in [0.15, 0.2) is 23.9 Å². The molecule has 10 atom stereocenters. The summed E-state index contributed by atoms with van der Waals surface area (Å²) in [7, 11) is -4.93. The molecule has 4 aromatic rings. The van der Waals surface area contributed by atoms with Gasteiger partial charge in [0, 0.05) is 0 Å². The second-order valence-electron chi connectivity index (χ2n) is 10.0. The van der Waals surface area contributed by atoms with Crippen LogP contribution in [0.15, 0.2) is 43.2 Å². The lowest BCUT2D eigenvalue weighted by atomic mass is 10.1. The van der Waals surface area contributed by atoms with Crippen LogP contribution in [0.25, 0.3) is 22.2 Å². The Balaban J connectivity index is 1.20. The van der Waals surface area contributed by atoms with Crippen LogP contribution in [-0.2, 0) is 43.9 Å². The molecule has 2 bridgehead atoms. The molecule has 0 spiro atoms. The second kappa shape index (κ2) is 10.8. The minimum atomic E-state index is -4.93. The molecule has 3 aliphatic rings. The van der Waals surface area contributed by atoms with Gasteiger partial charge in [-0.3, -0.25) is 18.1 Å². The third-order valence-electron chi connectivity index (χ3n) is 7.35. The van der Waals surface area contributed by atoms with Crippen molar-refractivity contribution in [1.82, 2.24) is 29.1 Å². The van der Waals surface area contributed by atoms with E-state index in [0.717, 1.165) is 0 Å². The van der Waals surface area contributed by atoms with Crippen molar-refractivity contribution in [3.63, 3.8) is 0 Å². The van der Waals surface area contributed by atoms with Crippen molar-refractivity contribution < 1.29 is 52.1 Å². The first-order valence-corrected chi connectivity index (χ1v) is 16.9. The highest BCUT2D eigenvalue weighted by atomic mass is 32.5. The van der Waals surface area contributed by atoms with Gasteiger partial charge in [0.1, 0.15) is 48.5 Å². The van der Waals surface area contributed by atoms with Gasteiger partial charge in [0.2, 0.25) is 0 Å². The maximum Gasteiger partial charge on any atom is 0.472 e. The van der Waals surface area contributed by atoms with Crippen LogP contribution in [0.5, 0.6) is 0 Å². The van der Waals surface area contributed by atoms with Crippen LogP contribution >= 0.6 is 14.5 Å². The molecule has 230 valence electrons. The number of aliphatic hydroxyl groups excluding tert-OH is 2. The van der Waals surface area contributed by atoms with Crippen molar-refractivity contribution in [3.05, 3.63) is 43.2 Å². The molecule has 43 heavy (non-hydrogen) atoms. The second-order valence-corrected chi connectivity index (χ2v) is 14.2. The average Bonchev–Trinajstić information content (AvgIpc) is 3.72. The molecule has 0 radical (unpaired) electrons. The van der Waals surface area contributed by atoms with E-state index in [1.54, 1.807) is 28.8 Å². The van der Waals surface area contributed by atoms with Gasteiger partial charge in [-0.25, -0.2) is 24.5 Å². The van der Waals surface area contributed by atoms with E-state index in [4.69, 9.17) is 45.1 Å². The smallest absolute Gasteiger partial charge is 0.387 e. The average molecular weight is 657 g/mol. The number of para-hydroxylation sites is 2. The summed E-state index contributed by atoms with van der Waals surface area (Å²) in [5.41, 5.74) is 7.57. The topological polar surface area (TPSA) is 241 Å². The maximum absolute atomic E-state index is 13.1. The van der Waals surface area contributed by atoms with Crippen molar-refractivity contribution >= 4 is 54.4 Å². The number of anilines is 1. The number of hydrogen-bond acceptors (Lipinski definition) is 15. The first kappa shape index (κ1) is 29.2. The quantitative estimate of drug-likeness (QED) is 0.180.